The Morgan fingerprint density at radius 2 is 1.88 bits per heavy atom. The Labute approximate surface area is 99.0 Å². The molecule has 0 aromatic heterocycles. The highest BCUT2D eigenvalue weighted by Crippen LogP contribution is 2.23. The van der Waals surface area contributed by atoms with Gasteiger partial charge in [-0.2, -0.15) is 0 Å². The summed E-state index contributed by atoms with van der Waals surface area (Å²) in [6, 6.07) is 11.8. The molecular weight excluding hydrogens is 219 g/mol. The smallest absolute Gasteiger partial charge is 0.155 e. The molecule has 0 saturated heterocycles. The second-order valence-electron chi connectivity index (χ2n) is 3.68. The number of rotatable bonds is 3. The predicted octanol–water partition coefficient (Wildman–Crippen LogP) is 3.12. The van der Waals surface area contributed by atoms with Gasteiger partial charge in [0.25, 0.3) is 0 Å². The van der Waals surface area contributed by atoms with Gasteiger partial charge in [0.05, 0.1) is 5.69 Å². The second kappa shape index (κ2) is 4.74. The molecule has 3 N–H and O–H groups in total. The Bertz CT molecular complexity index is 514. The summed E-state index contributed by atoms with van der Waals surface area (Å²) in [4.78, 5) is 5.31. The van der Waals surface area contributed by atoms with Crippen LogP contribution < -0.4 is 16.1 Å². The maximum atomic E-state index is 13.2. The molecule has 0 aliphatic heterocycles. The van der Waals surface area contributed by atoms with Gasteiger partial charge in [0.1, 0.15) is 5.82 Å². The number of hydrogen-bond acceptors (Lipinski definition) is 3. The summed E-state index contributed by atoms with van der Waals surface area (Å²) in [5, 5.41) is 0. The molecule has 0 saturated carbocycles. The van der Waals surface area contributed by atoms with Gasteiger partial charge in [-0.25, -0.2) is 9.87 Å². The highest BCUT2D eigenvalue weighted by molar-refractivity contribution is 5.62. The molecule has 17 heavy (non-hydrogen) atoms. The number of halogens is 1. The predicted molar refractivity (Wildman–Crippen MR) is 66.2 cm³/mol. The van der Waals surface area contributed by atoms with Crippen LogP contribution in [0.3, 0.4) is 0 Å². The Hall–Kier alpha value is -2.23. The van der Waals surface area contributed by atoms with E-state index in [0.717, 1.165) is 5.56 Å². The van der Waals surface area contributed by atoms with E-state index in [-0.39, 0.29) is 0 Å². The quantitative estimate of drug-likeness (QED) is 0.631. The molecule has 0 heterocycles. The number of anilines is 2. The van der Waals surface area contributed by atoms with E-state index in [0.29, 0.717) is 17.1 Å². The van der Waals surface area contributed by atoms with Crippen LogP contribution >= 0.6 is 0 Å². The van der Waals surface area contributed by atoms with Crippen molar-refractivity contribution in [2.24, 2.45) is 0 Å². The van der Waals surface area contributed by atoms with E-state index in [1.807, 2.05) is 18.2 Å². The van der Waals surface area contributed by atoms with Crippen LogP contribution in [-0.2, 0) is 0 Å². The van der Waals surface area contributed by atoms with Crippen LogP contribution in [0.1, 0.15) is 5.56 Å². The van der Waals surface area contributed by atoms with Crippen LogP contribution in [-0.4, -0.2) is 0 Å². The molecule has 0 amide bonds. The molecule has 0 radical (unpaired) electrons. The first-order valence-corrected chi connectivity index (χ1v) is 5.20. The van der Waals surface area contributed by atoms with E-state index in [1.165, 1.54) is 12.1 Å². The van der Waals surface area contributed by atoms with E-state index < -0.39 is 5.82 Å². The van der Waals surface area contributed by atoms with E-state index in [2.05, 4.69) is 5.48 Å². The van der Waals surface area contributed by atoms with Crippen LogP contribution in [0, 0.1) is 12.7 Å². The standard InChI is InChI=1S/C13H13FN2O/c1-9-12(15)7-10(14)8-13(9)16-17-11-5-3-2-4-6-11/h2-8,16H,15H2,1H3. The topological polar surface area (TPSA) is 47.3 Å². The molecule has 4 heteroatoms. The normalized spacial score (nSPS) is 10.0. The van der Waals surface area contributed by atoms with E-state index in [9.17, 15) is 4.39 Å². The van der Waals surface area contributed by atoms with Crippen molar-refractivity contribution in [3.8, 4) is 5.75 Å². The van der Waals surface area contributed by atoms with Crippen molar-refractivity contribution >= 4 is 11.4 Å². The highest BCUT2D eigenvalue weighted by Gasteiger charge is 2.05. The van der Waals surface area contributed by atoms with Gasteiger partial charge < -0.3 is 10.6 Å². The Morgan fingerprint density at radius 3 is 2.59 bits per heavy atom. The molecule has 88 valence electrons. The van der Waals surface area contributed by atoms with Gasteiger partial charge in [-0.05, 0) is 30.7 Å². The van der Waals surface area contributed by atoms with Crippen LogP contribution in [0.25, 0.3) is 0 Å². The van der Waals surface area contributed by atoms with Crippen molar-refractivity contribution in [3.05, 3.63) is 53.8 Å². The van der Waals surface area contributed by atoms with Gasteiger partial charge in [0.2, 0.25) is 0 Å². The van der Waals surface area contributed by atoms with Crippen molar-refractivity contribution in [2.75, 3.05) is 11.2 Å². The molecule has 3 nitrogen and oxygen atoms in total. The molecule has 2 rings (SSSR count). The third-order valence-corrected chi connectivity index (χ3v) is 2.43. The minimum Gasteiger partial charge on any atom is -0.398 e. The zero-order valence-electron chi connectivity index (χ0n) is 9.41. The number of hydrogen-bond donors (Lipinski definition) is 2. The van der Waals surface area contributed by atoms with Crippen LogP contribution in [0.15, 0.2) is 42.5 Å². The number of nitrogen functional groups attached to an aromatic ring is 1. The molecule has 0 spiro atoms. The summed E-state index contributed by atoms with van der Waals surface area (Å²) < 4.78 is 13.2. The van der Waals surface area contributed by atoms with Crippen molar-refractivity contribution in [1.29, 1.82) is 0 Å². The number of benzene rings is 2. The Morgan fingerprint density at radius 1 is 1.18 bits per heavy atom. The van der Waals surface area contributed by atoms with Gasteiger partial charge >= 0.3 is 0 Å². The zero-order chi connectivity index (χ0) is 12.3. The molecule has 0 bridgehead atoms. The van der Waals surface area contributed by atoms with Crippen LogP contribution in [0.5, 0.6) is 5.75 Å². The first kappa shape index (κ1) is 11.3. The first-order chi connectivity index (χ1) is 8.16. The lowest BCUT2D eigenvalue weighted by Gasteiger charge is -2.12. The summed E-state index contributed by atoms with van der Waals surface area (Å²) in [6.07, 6.45) is 0. The molecule has 2 aromatic carbocycles. The summed E-state index contributed by atoms with van der Waals surface area (Å²) in [7, 11) is 0. The molecule has 0 aliphatic carbocycles. The minimum atomic E-state index is -0.396. The average Bonchev–Trinajstić information content (AvgIpc) is 2.33. The van der Waals surface area contributed by atoms with Gasteiger partial charge in [0, 0.05) is 11.8 Å². The molecular formula is C13H13FN2O. The van der Waals surface area contributed by atoms with Crippen molar-refractivity contribution < 1.29 is 9.23 Å². The van der Waals surface area contributed by atoms with Gasteiger partial charge in [-0.15, -0.1) is 0 Å². The third kappa shape index (κ3) is 2.66. The first-order valence-electron chi connectivity index (χ1n) is 5.20. The fourth-order valence-electron chi connectivity index (χ4n) is 1.41. The maximum Gasteiger partial charge on any atom is 0.155 e. The lowest BCUT2D eigenvalue weighted by atomic mass is 10.1. The summed E-state index contributed by atoms with van der Waals surface area (Å²) >= 11 is 0. The van der Waals surface area contributed by atoms with Crippen LogP contribution in [0.4, 0.5) is 15.8 Å². The third-order valence-electron chi connectivity index (χ3n) is 2.43. The lowest BCUT2D eigenvalue weighted by molar-refractivity contribution is 0.404. The van der Waals surface area contributed by atoms with Gasteiger partial charge in [-0.3, -0.25) is 0 Å². The maximum absolute atomic E-state index is 13.2. The molecule has 2 aromatic rings. The number of para-hydroxylation sites is 1. The van der Waals surface area contributed by atoms with Crippen molar-refractivity contribution in [3.63, 3.8) is 0 Å². The van der Waals surface area contributed by atoms with Gasteiger partial charge in [0.15, 0.2) is 5.75 Å². The second-order valence-corrected chi connectivity index (χ2v) is 3.68. The SMILES string of the molecule is Cc1c(N)cc(F)cc1NOc1ccccc1. The summed E-state index contributed by atoms with van der Waals surface area (Å²) in [6.45, 7) is 1.80. The van der Waals surface area contributed by atoms with Crippen molar-refractivity contribution in [2.45, 2.75) is 6.92 Å². The van der Waals surface area contributed by atoms with Crippen molar-refractivity contribution in [1.82, 2.24) is 0 Å². The fraction of sp³-hybridized carbons (Fsp3) is 0.0769. The molecule has 0 fully saturated rings. The Balaban J connectivity index is 2.14. The van der Waals surface area contributed by atoms with E-state index in [1.54, 1.807) is 19.1 Å². The van der Waals surface area contributed by atoms with Crippen LogP contribution in [0.2, 0.25) is 0 Å². The largest absolute Gasteiger partial charge is 0.398 e. The minimum absolute atomic E-state index is 0.393. The number of nitrogens with one attached hydrogen (secondary N) is 1. The Kier molecular flexibility index (Phi) is 3.14. The van der Waals surface area contributed by atoms with Gasteiger partial charge in [-0.1, -0.05) is 18.2 Å². The average molecular weight is 232 g/mol. The molecule has 0 atom stereocenters. The summed E-state index contributed by atoms with van der Waals surface area (Å²) in [5.74, 6) is 0.252. The summed E-state index contributed by atoms with van der Waals surface area (Å²) in [5.41, 5.74) is 10.0. The fourth-order valence-corrected chi connectivity index (χ4v) is 1.41. The molecule has 0 aliphatic rings. The molecule has 0 unspecified atom stereocenters. The number of nitrogens with two attached hydrogens (primary N) is 1. The van der Waals surface area contributed by atoms with E-state index >= 15 is 0 Å². The monoisotopic (exact) mass is 232 g/mol. The van der Waals surface area contributed by atoms with E-state index in [4.69, 9.17) is 10.6 Å². The zero-order valence-corrected chi connectivity index (χ0v) is 9.41. The highest BCUT2D eigenvalue weighted by atomic mass is 19.1. The lowest BCUT2D eigenvalue weighted by Crippen LogP contribution is -2.07.